The Hall–Kier alpha value is -4.98. The topological polar surface area (TPSA) is 86.2 Å². The zero-order chi connectivity index (χ0) is 26.7. The average Bonchev–Trinajstić information content (AvgIpc) is 2.94. The lowest BCUT2D eigenvalue weighted by molar-refractivity contribution is -0.123. The maximum absolute atomic E-state index is 13.1. The molecule has 1 N–H and O–H groups in total. The Morgan fingerprint density at radius 2 is 1.58 bits per heavy atom. The third-order valence-corrected chi connectivity index (χ3v) is 5.28. The summed E-state index contributed by atoms with van der Waals surface area (Å²) in [5, 5.41) is 3.98. The van der Waals surface area contributed by atoms with Gasteiger partial charge in [0, 0.05) is 5.56 Å². The van der Waals surface area contributed by atoms with E-state index in [9.17, 15) is 14.0 Å². The van der Waals surface area contributed by atoms with Crippen molar-refractivity contribution in [1.29, 1.82) is 0 Å². The summed E-state index contributed by atoms with van der Waals surface area (Å²) in [7, 11) is 0. The van der Waals surface area contributed by atoms with Crippen molar-refractivity contribution in [2.24, 2.45) is 5.10 Å². The van der Waals surface area contributed by atoms with Crippen LogP contribution in [-0.2, 0) is 4.79 Å². The largest absolute Gasteiger partial charge is 0.490 e. The van der Waals surface area contributed by atoms with E-state index in [1.807, 2.05) is 48.5 Å². The molecule has 0 atom stereocenters. The molecule has 0 saturated heterocycles. The van der Waals surface area contributed by atoms with Gasteiger partial charge in [-0.25, -0.2) is 14.6 Å². The first-order valence-electron chi connectivity index (χ1n) is 11.9. The zero-order valence-electron chi connectivity index (χ0n) is 20.6. The van der Waals surface area contributed by atoms with Crippen molar-refractivity contribution in [3.63, 3.8) is 0 Å². The third-order valence-electron chi connectivity index (χ3n) is 5.28. The summed E-state index contributed by atoms with van der Waals surface area (Å²) in [6.45, 7) is 1.91. The molecule has 0 radical (unpaired) electrons. The summed E-state index contributed by atoms with van der Waals surface area (Å²) < 4.78 is 29.9. The molecule has 0 aliphatic rings. The molecule has 1 amide bonds. The molecule has 38 heavy (non-hydrogen) atoms. The third kappa shape index (κ3) is 7.04. The van der Waals surface area contributed by atoms with Crippen LogP contribution in [0.1, 0.15) is 22.8 Å². The van der Waals surface area contributed by atoms with Crippen molar-refractivity contribution < 1.29 is 28.2 Å². The molecule has 0 spiro atoms. The van der Waals surface area contributed by atoms with Gasteiger partial charge in [-0.3, -0.25) is 4.79 Å². The van der Waals surface area contributed by atoms with E-state index in [0.717, 1.165) is 11.1 Å². The number of carbonyl (C=O) groups excluding carboxylic acids is 2. The highest BCUT2D eigenvalue weighted by Crippen LogP contribution is 2.30. The highest BCUT2D eigenvalue weighted by Gasteiger charge is 2.14. The maximum Gasteiger partial charge on any atom is 0.343 e. The molecule has 7 nitrogen and oxygen atoms in total. The standard InChI is InChI=1S/C30H25FN2O5/c1-2-36-28-18-21(12-17-27(28)38-30(35)23-13-15-24(31)16-14-23)19-32-33-29(34)20-37-26-11-7-6-10-25(26)22-8-4-3-5-9-22/h3-19H,2,20H2,1H3,(H,33,34). The van der Waals surface area contributed by atoms with Crippen molar-refractivity contribution in [3.8, 4) is 28.4 Å². The Balaban J connectivity index is 1.35. The van der Waals surface area contributed by atoms with Crippen molar-refractivity contribution in [2.45, 2.75) is 6.92 Å². The smallest absolute Gasteiger partial charge is 0.343 e. The Bertz CT molecular complexity index is 1420. The number of carbonyl (C=O) groups is 2. The summed E-state index contributed by atoms with van der Waals surface area (Å²) in [4.78, 5) is 24.7. The predicted molar refractivity (Wildman–Crippen MR) is 142 cm³/mol. The van der Waals surface area contributed by atoms with E-state index < -0.39 is 17.7 Å². The van der Waals surface area contributed by atoms with Crippen LogP contribution in [0.3, 0.4) is 0 Å². The maximum atomic E-state index is 13.1. The van der Waals surface area contributed by atoms with Gasteiger partial charge < -0.3 is 14.2 Å². The fraction of sp³-hybridized carbons (Fsp3) is 0.100. The molecule has 8 heteroatoms. The molecule has 0 heterocycles. The SMILES string of the molecule is CCOc1cc(C=NNC(=O)COc2ccccc2-c2ccccc2)ccc1OC(=O)c1ccc(F)cc1. The van der Waals surface area contributed by atoms with Crippen molar-refractivity contribution in [3.05, 3.63) is 114 Å². The lowest BCUT2D eigenvalue weighted by Gasteiger charge is -2.11. The molecule has 0 saturated carbocycles. The van der Waals surface area contributed by atoms with Crippen LogP contribution in [0.5, 0.6) is 17.2 Å². The second kappa shape index (κ2) is 12.8. The predicted octanol–water partition coefficient (Wildman–Crippen LogP) is 5.64. The Morgan fingerprint density at radius 3 is 2.34 bits per heavy atom. The number of esters is 1. The van der Waals surface area contributed by atoms with E-state index in [4.69, 9.17) is 14.2 Å². The van der Waals surface area contributed by atoms with Crippen LogP contribution in [0.4, 0.5) is 4.39 Å². The fourth-order valence-corrected chi connectivity index (χ4v) is 3.51. The molecule has 0 unspecified atom stereocenters. The van der Waals surface area contributed by atoms with E-state index in [1.54, 1.807) is 31.2 Å². The van der Waals surface area contributed by atoms with E-state index in [0.29, 0.717) is 23.7 Å². The first kappa shape index (κ1) is 26.1. The van der Waals surface area contributed by atoms with Crippen LogP contribution in [0, 0.1) is 5.82 Å². The number of hydrogen-bond acceptors (Lipinski definition) is 6. The monoisotopic (exact) mass is 512 g/mol. The first-order chi connectivity index (χ1) is 18.5. The van der Waals surface area contributed by atoms with Gasteiger partial charge in [0.15, 0.2) is 18.1 Å². The number of halogens is 1. The number of ether oxygens (including phenoxy) is 3. The van der Waals surface area contributed by atoms with E-state index in [-0.39, 0.29) is 17.9 Å². The number of nitrogens with zero attached hydrogens (tertiary/aromatic N) is 1. The quantitative estimate of drug-likeness (QED) is 0.129. The van der Waals surface area contributed by atoms with Crippen LogP contribution in [0.25, 0.3) is 11.1 Å². The second-order valence-corrected chi connectivity index (χ2v) is 7.98. The molecule has 0 aromatic heterocycles. The molecular formula is C30H25FN2O5. The van der Waals surface area contributed by atoms with Crippen LogP contribution >= 0.6 is 0 Å². The molecule has 0 fully saturated rings. The van der Waals surface area contributed by atoms with Crippen LogP contribution in [-0.4, -0.2) is 31.3 Å². The molecule has 4 aromatic rings. The van der Waals surface area contributed by atoms with Gasteiger partial charge in [0.05, 0.1) is 18.4 Å². The van der Waals surface area contributed by atoms with Gasteiger partial charge in [-0.15, -0.1) is 0 Å². The number of amides is 1. The number of hydrazone groups is 1. The summed E-state index contributed by atoms with van der Waals surface area (Å²) in [5.41, 5.74) is 5.11. The fourth-order valence-electron chi connectivity index (χ4n) is 3.51. The molecule has 0 aliphatic carbocycles. The highest BCUT2D eigenvalue weighted by atomic mass is 19.1. The van der Waals surface area contributed by atoms with Gasteiger partial charge >= 0.3 is 5.97 Å². The van der Waals surface area contributed by atoms with Crippen LogP contribution in [0.2, 0.25) is 0 Å². The molecule has 0 aliphatic heterocycles. The van der Waals surface area contributed by atoms with E-state index in [1.165, 1.54) is 30.5 Å². The van der Waals surface area contributed by atoms with E-state index in [2.05, 4.69) is 10.5 Å². The van der Waals surface area contributed by atoms with Crippen molar-refractivity contribution >= 4 is 18.1 Å². The number of benzene rings is 4. The zero-order valence-corrected chi connectivity index (χ0v) is 20.6. The number of nitrogens with one attached hydrogen (secondary N) is 1. The van der Waals surface area contributed by atoms with Gasteiger partial charge in [-0.2, -0.15) is 5.10 Å². The molecular weight excluding hydrogens is 487 g/mol. The summed E-state index contributed by atoms with van der Waals surface area (Å²) in [6.07, 6.45) is 1.43. The minimum atomic E-state index is -0.645. The Kier molecular flexibility index (Phi) is 8.80. The lowest BCUT2D eigenvalue weighted by Crippen LogP contribution is -2.24. The minimum Gasteiger partial charge on any atom is -0.490 e. The number of para-hydroxylation sites is 1. The summed E-state index contributed by atoms with van der Waals surface area (Å²) in [5.74, 6) is -0.416. The van der Waals surface area contributed by atoms with Gasteiger partial charge in [-0.05, 0) is 66.6 Å². The van der Waals surface area contributed by atoms with Gasteiger partial charge in [0.2, 0.25) is 0 Å². The summed E-state index contributed by atoms with van der Waals surface area (Å²) >= 11 is 0. The normalized spacial score (nSPS) is 10.7. The Morgan fingerprint density at radius 1 is 0.842 bits per heavy atom. The molecule has 4 rings (SSSR count). The number of hydrogen-bond donors (Lipinski definition) is 1. The highest BCUT2D eigenvalue weighted by molar-refractivity contribution is 5.91. The van der Waals surface area contributed by atoms with Crippen LogP contribution in [0.15, 0.2) is 102 Å². The van der Waals surface area contributed by atoms with Crippen molar-refractivity contribution in [2.75, 3.05) is 13.2 Å². The molecule has 0 bridgehead atoms. The van der Waals surface area contributed by atoms with Crippen molar-refractivity contribution in [1.82, 2.24) is 5.43 Å². The average molecular weight is 513 g/mol. The second-order valence-electron chi connectivity index (χ2n) is 7.98. The van der Waals surface area contributed by atoms with E-state index >= 15 is 0 Å². The molecule has 192 valence electrons. The van der Waals surface area contributed by atoms with Crippen LogP contribution < -0.4 is 19.6 Å². The number of rotatable bonds is 10. The first-order valence-corrected chi connectivity index (χ1v) is 11.9. The minimum absolute atomic E-state index is 0.202. The summed E-state index contributed by atoms with van der Waals surface area (Å²) in [6, 6.07) is 27.1. The van der Waals surface area contributed by atoms with Gasteiger partial charge in [-0.1, -0.05) is 48.5 Å². The Labute approximate surface area is 219 Å². The molecule has 4 aromatic carbocycles. The van der Waals surface area contributed by atoms with Gasteiger partial charge in [0.1, 0.15) is 11.6 Å². The lowest BCUT2D eigenvalue weighted by atomic mass is 10.1. The van der Waals surface area contributed by atoms with Gasteiger partial charge in [0.25, 0.3) is 5.91 Å².